The van der Waals surface area contributed by atoms with E-state index in [4.69, 9.17) is 0 Å². The summed E-state index contributed by atoms with van der Waals surface area (Å²) in [5.74, 6) is 0. The maximum Gasteiger partial charge on any atom is 0.142 e. The van der Waals surface area contributed by atoms with E-state index in [-0.39, 0.29) is 0 Å². The summed E-state index contributed by atoms with van der Waals surface area (Å²) in [4.78, 5) is 9.60. The van der Waals surface area contributed by atoms with E-state index in [2.05, 4.69) is 10.5 Å². The monoisotopic (exact) mass is 112 g/mol. The Hall–Kier alpha value is -1.12. The summed E-state index contributed by atoms with van der Waals surface area (Å²) in [5.41, 5.74) is 2.53. The number of carbonyl (C=O) groups is 1. The van der Waals surface area contributed by atoms with E-state index >= 15 is 0 Å². The van der Waals surface area contributed by atoms with Crippen LogP contribution in [0.2, 0.25) is 0 Å². The minimum atomic E-state index is 0.696. The molecule has 44 valence electrons. The van der Waals surface area contributed by atoms with E-state index in [9.17, 15) is 4.79 Å². The van der Waals surface area contributed by atoms with Crippen molar-refractivity contribution in [2.45, 2.75) is 0 Å². The lowest BCUT2D eigenvalue weighted by molar-refractivity contribution is -0.104. The summed E-state index contributed by atoms with van der Waals surface area (Å²) in [7, 11) is 1.69. The van der Waals surface area contributed by atoms with Crippen LogP contribution in [0.25, 0.3) is 0 Å². The molecule has 1 N–H and O–H groups in total. The largest absolute Gasteiger partial charge is 0.313 e. The van der Waals surface area contributed by atoms with E-state index in [0.29, 0.717) is 6.29 Å². The van der Waals surface area contributed by atoms with Crippen LogP contribution in [-0.2, 0) is 4.79 Å². The van der Waals surface area contributed by atoms with E-state index in [1.165, 1.54) is 12.3 Å². The van der Waals surface area contributed by atoms with Gasteiger partial charge in [0.25, 0.3) is 0 Å². The van der Waals surface area contributed by atoms with Gasteiger partial charge in [0.15, 0.2) is 0 Å². The maximum absolute atomic E-state index is 9.60. The Morgan fingerprint density at radius 3 is 2.75 bits per heavy atom. The Labute approximate surface area is 48.1 Å². The van der Waals surface area contributed by atoms with Gasteiger partial charge in [0.05, 0.1) is 0 Å². The van der Waals surface area contributed by atoms with Crippen LogP contribution in [0.5, 0.6) is 0 Å². The van der Waals surface area contributed by atoms with Crippen LogP contribution in [0.15, 0.2) is 17.3 Å². The zero-order valence-electron chi connectivity index (χ0n) is 4.66. The molecular weight excluding hydrogens is 104 g/mol. The average Bonchev–Trinajstić information content (AvgIpc) is 1.81. The number of hydrogen-bond acceptors (Lipinski definition) is 3. The first-order valence-corrected chi connectivity index (χ1v) is 2.22. The Bertz CT molecular complexity index is 107. The molecule has 0 aliphatic rings. The van der Waals surface area contributed by atoms with E-state index in [1.807, 2.05) is 0 Å². The van der Waals surface area contributed by atoms with Gasteiger partial charge in [-0.25, -0.2) is 0 Å². The molecule has 0 aromatic rings. The normalized spacial score (nSPS) is 10.6. The van der Waals surface area contributed by atoms with Gasteiger partial charge in [0, 0.05) is 13.3 Å². The molecule has 0 bridgehead atoms. The van der Waals surface area contributed by atoms with E-state index in [1.54, 1.807) is 13.1 Å². The smallest absolute Gasteiger partial charge is 0.142 e. The van der Waals surface area contributed by atoms with Gasteiger partial charge in [-0.15, -0.1) is 0 Å². The van der Waals surface area contributed by atoms with Gasteiger partial charge in [0.2, 0.25) is 0 Å². The van der Waals surface area contributed by atoms with Crippen molar-refractivity contribution in [3.05, 3.63) is 12.2 Å². The highest BCUT2D eigenvalue weighted by Crippen LogP contribution is 1.59. The third-order valence-corrected chi connectivity index (χ3v) is 0.479. The minimum absolute atomic E-state index is 0.696. The molecule has 0 radical (unpaired) electrons. The number of rotatable bonds is 3. The van der Waals surface area contributed by atoms with Gasteiger partial charge in [-0.3, -0.25) is 4.79 Å². The second-order valence-electron chi connectivity index (χ2n) is 1.02. The Balaban J connectivity index is 3.26. The Morgan fingerprint density at radius 1 is 1.50 bits per heavy atom. The molecule has 0 unspecified atom stereocenters. The topological polar surface area (TPSA) is 41.5 Å². The third kappa shape index (κ3) is 4.88. The molecular formula is C5H8N2O. The summed E-state index contributed by atoms with van der Waals surface area (Å²) in [5, 5.41) is 3.59. The Morgan fingerprint density at radius 2 is 2.25 bits per heavy atom. The summed E-state index contributed by atoms with van der Waals surface area (Å²) >= 11 is 0. The molecule has 0 fully saturated rings. The first-order chi connectivity index (χ1) is 3.91. The molecule has 0 aliphatic carbocycles. The fourth-order valence-corrected chi connectivity index (χ4v) is 0.213. The van der Waals surface area contributed by atoms with Crippen molar-refractivity contribution >= 4 is 12.5 Å². The minimum Gasteiger partial charge on any atom is -0.313 e. The van der Waals surface area contributed by atoms with Crippen LogP contribution < -0.4 is 5.43 Å². The molecule has 0 saturated heterocycles. The Kier molecular flexibility index (Phi) is 5.06. The van der Waals surface area contributed by atoms with Gasteiger partial charge < -0.3 is 5.43 Å². The lowest BCUT2D eigenvalue weighted by Gasteiger charge is -1.77. The van der Waals surface area contributed by atoms with Crippen LogP contribution in [0.4, 0.5) is 0 Å². The number of nitrogens with one attached hydrogen (secondary N) is 1. The number of carbonyl (C=O) groups excluding carboxylic acids is 1. The SMILES string of the molecule is CNN=C/C=C\C=O. The van der Waals surface area contributed by atoms with Crippen molar-refractivity contribution in [2.24, 2.45) is 5.10 Å². The van der Waals surface area contributed by atoms with Crippen molar-refractivity contribution in [3.63, 3.8) is 0 Å². The maximum atomic E-state index is 9.60. The first kappa shape index (κ1) is 6.88. The van der Waals surface area contributed by atoms with Crippen molar-refractivity contribution in [3.8, 4) is 0 Å². The quantitative estimate of drug-likeness (QED) is 0.240. The second kappa shape index (κ2) is 5.88. The van der Waals surface area contributed by atoms with Gasteiger partial charge in [0.1, 0.15) is 6.29 Å². The lowest BCUT2D eigenvalue weighted by atomic mass is 10.6. The van der Waals surface area contributed by atoms with Gasteiger partial charge >= 0.3 is 0 Å². The van der Waals surface area contributed by atoms with Gasteiger partial charge in [-0.05, 0) is 12.2 Å². The predicted molar refractivity (Wildman–Crippen MR) is 32.8 cm³/mol. The van der Waals surface area contributed by atoms with Crippen molar-refractivity contribution < 1.29 is 4.79 Å². The average molecular weight is 112 g/mol. The molecule has 0 atom stereocenters. The highest BCUT2D eigenvalue weighted by Gasteiger charge is 1.59. The van der Waals surface area contributed by atoms with E-state index < -0.39 is 0 Å². The predicted octanol–water partition coefficient (Wildman–Crippen LogP) is -0.0533. The molecule has 3 nitrogen and oxygen atoms in total. The fourth-order valence-electron chi connectivity index (χ4n) is 0.213. The number of hydrogen-bond donors (Lipinski definition) is 1. The van der Waals surface area contributed by atoms with Crippen LogP contribution >= 0.6 is 0 Å². The third-order valence-electron chi connectivity index (χ3n) is 0.479. The zero-order valence-corrected chi connectivity index (χ0v) is 4.66. The van der Waals surface area contributed by atoms with Crippen LogP contribution in [0.1, 0.15) is 0 Å². The first-order valence-electron chi connectivity index (χ1n) is 2.22. The number of allylic oxidation sites excluding steroid dienone is 2. The molecule has 0 rings (SSSR count). The van der Waals surface area contributed by atoms with Gasteiger partial charge in [-0.1, -0.05) is 0 Å². The highest BCUT2D eigenvalue weighted by molar-refractivity contribution is 5.78. The summed E-state index contributed by atoms with van der Waals surface area (Å²) in [6.07, 6.45) is 5.10. The molecule has 0 aromatic heterocycles. The molecule has 3 heteroatoms. The summed E-state index contributed by atoms with van der Waals surface area (Å²) in [6.45, 7) is 0. The van der Waals surface area contributed by atoms with Crippen LogP contribution in [0.3, 0.4) is 0 Å². The van der Waals surface area contributed by atoms with E-state index in [0.717, 1.165) is 0 Å². The van der Waals surface area contributed by atoms with Gasteiger partial charge in [-0.2, -0.15) is 5.10 Å². The molecule has 0 saturated carbocycles. The van der Waals surface area contributed by atoms with Crippen molar-refractivity contribution in [2.75, 3.05) is 7.05 Å². The molecule has 0 amide bonds. The fraction of sp³-hybridized carbons (Fsp3) is 0.200. The van der Waals surface area contributed by atoms with Crippen LogP contribution in [-0.4, -0.2) is 19.5 Å². The van der Waals surface area contributed by atoms with Crippen molar-refractivity contribution in [1.82, 2.24) is 5.43 Å². The van der Waals surface area contributed by atoms with Crippen molar-refractivity contribution in [1.29, 1.82) is 0 Å². The number of aldehydes is 1. The standard InChI is InChI=1S/C5H8N2O/c1-6-7-4-2-3-5-8/h2-6H,1H3/b3-2-,7-4?. The summed E-state index contributed by atoms with van der Waals surface area (Å²) < 4.78 is 0. The summed E-state index contributed by atoms with van der Waals surface area (Å²) in [6, 6.07) is 0. The molecule has 0 aliphatic heterocycles. The molecule has 0 heterocycles. The number of hydrazone groups is 1. The van der Waals surface area contributed by atoms with Crippen LogP contribution in [0, 0.1) is 0 Å². The molecule has 0 spiro atoms. The second-order valence-corrected chi connectivity index (χ2v) is 1.02. The number of nitrogens with zero attached hydrogens (tertiary/aromatic N) is 1. The molecule has 8 heavy (non-hydrogen) atoms. The highest BCUT2D eigenvalue weighted by atomic mass is 16.1. The molecule has 0 aromatic carbocycles. The zero-order chi connectivity index (χ0) is 6.24. The lowest BCUT2D eigenvalue weighted by Crippen LogP contribution is -1.91.